The van der Waals surface area contributed by atoms with Crippen LogP contribution in [0, 0.1) is 0 Å². The highest BCUT2D eigenvalue weighted by Gasteiger charge is 2.53. The van der Waals surface area contributed by atoms with Crippen LogP contribution in [0.2, 0.25) is 0 Å². The standard InChI is InChI=1S/C113H211N2O22P.CH4/c1-9-16-23-30-37-44-46-48-50-57-64-71-77-84-101(120)130-94(81-74-67-60-53-40-33-26-19-12-4)88-99(118)114-106-110(136-105(124)90-96(83-76-69-62-55-42-35-28-21-14-6)132-103(122)86-79-70-63-56-43-36-29-22-15-7)108(125)97(91-116)133-112(106)129-92-98-109(126)111(135-104(123)87-93(117)80-73-66-59-52-39-32-25-18-11-3)107(113(134-98)137-138(8,127)128)115-100(119)89-95(82-75-68-61-54-41-34-27-20-13-5)131-102(121)85-78-72-65-58-51-49-47-45-38-31-24-17-10-2;/h44,46,93-98,106-113,116-117,125-126H,9-43,45,47-92H2,1-8H3,(H,114,118)(H,115,119)(H,127,128);1H4/b46-44-;/t93?,94?,95?,96?,97?,98?,106?,107?,108-,109-,110-,111-,112-,113?;/m1./s1. The number of rotatable bonds is 98. The SMILES string of the molecule is C.CCCCCC/C=C\CCCCCCCC(=O)OC(CCCCCCCCCCC)CC(=O)NC1[C@H](OCC2OC(OP(C)(=O)O)C(NC(=O)CC(CCCCCCCCCCC)OC(=O)CCCCCCCCCCCCCCC)[C@@H](OC(=O)CC(O)CCCCCCCCCCC)[C@@H]2O)OC(CO)[C@@H](O)[C@@H]1OC(=O)CC(CCCCCCCCCCC)OC(=O)CCCCCCCCCCC. The fourth-order valence-corrected chi connectivity index (χ4v) is 19.6. The molecule has 139 heavy (non-hydrogen) atoms. The van der Waals surface area contributed by atoms with Gasteiger partial charge in [0.2, 0.25) is 11.8 Å². The molecule has 24 nitrogen and oxygen atoms in total. The van der Waals surface area contributed by atoms with E-state index in [1.165, 1.54) is 154 Å². The van der Waals surface area contributed by atoms with Gasteiger partial charge in [-0.05, 0) is 89.9 Å². The molecule has 2 rings (SSSR count). The third-order valence-electron chi connectivity index (χ3n) is 27.6. The van der Waals surface area contributed by atoms with E-state index >= 15 is 4.79 Å². The van der Waals surface area contributed by atoms with Gasteiger partial charge in [-0.2, -0.15) is 0 Å². The molecule has 10 unspecified atom stereocenters. The van der Waals surface area contributed by atoms with E-state index in [1.807, 2.05) is 0 Å². The largest absolute Gasteiger partial charge is 0.462 e. The third kappa shape index (κ3) is 74.4. The number of unbranched alkanes of at least 4 members (excludes halogenated alkanes) is 61. The predicted molar refractivity (Wildman–Crippen MR) is 563 cm³/mol. The molecule has 0 spiro atoms. The molecule has 0 aromatic heterocycles. The van der Waals surface area contributed by atoms with Gasteiger partial charge in [0.1, 0.15) is 54.8 Å². The zero-order chi connectivity index (χ0) is 101. The van der Waals surface area contributed by atoms with Crippen LogP contribution in [-0.4, -0.2) is 173 Å². The Morgan fingerprint density at radius 1 is 0.331 bits per heavy atom. The lowest BCUT2D eigenvalue weighted by atomic mass is 9.95. The van der Waals surface area contributed by atoms with Crippen molar-refractivity contribution in [3.63, 3.8) is 0 Å². The Hall–Kier alpha value is -4.10. The number of esters is 5. The second kappa shape index (κ2) is 92.5. The van der Waals surface area contributed by atoms with Crippen LogP contribution in [0.5, 0.6) is 0 Å². The molecule has 0 aromatic carbocycles. The predicted octanol–water partition coefficient (Wildman–Crippen LogP) is 28.4. The van der Waals surface area contributed by atoms with E-state index in [9.17, 15) is 58.7 Å². The lowest BCUT2D eigenvalue weighted by molar-refractivity contribution is -0.297. The highest BCUT2D eigenvalue weighted by atomic mass is 31.2. The van der Waals surface area contributed by atoms with Crippen LogP contribution in [0.25, 0.3) is 0 Å². The Labute approximate surface area is 848 Å². The minimum atomic E-state index is -4.68. The summed E-state index contributed by atoms with van der Waals surface area (Å²) in [6.07, 6.45) is 58.5. The van der Waals surface area contributed by atoms with Crippen LogP contribution < -0.4 is 10.6 Å². The van der Waals surface area contributed by atoms with Crippen molar-refractivity contribution in [1.82, 2.24) is 10.6 Å². The Morgan fingerprint density at radius 3 is 0.892 bits per heavy atom. The fraction of sp³-hybridized carbons (Fsp3) is 0.921. The molecule has 0 aromatic rings. The maximum Gasteiger partial charge on any atom is 0.327 e. The summed E-state index contributed by atoms with van der Waals surface area (Å²) in [5, 5.41) is 53.7. The first-order chi connectivity index (χ1) is 67.1. The second-order valence-electron chi connectivity index (χ2n) is 41.1. The first-order valence-electron chi connectivity index (χ1n) is 57.8. The maximum atomic E-state index is 15.2. The molecule has 2 saturated heterocycles. The van der Waals surface area contributed by atoms with Crippen LogP contribution in [0.1, 0.15) is 570 Å². The summed E-state index contributed by atoms with van der Waals surface area (Å²) in [4.78, 5) is 113. The molecule has 0 saturated carbocycles. The Morgan fingerprint density at radius 2 is 0.583 bits per heavy atom. The van der Waals surface area contributed by atoms with Crippen molar-refractivity contribution in [1.29, 1.82) is 0 Å². The molecular weight excluding hydrogens is 1780 g/mol. The Kier molecular flexibility index (Phi) is 88.4. The highest BCUT2D eigenvalue weighted by Crippen LogP contribution is 2.42. The molecule has 2 heterocycles. The summed E-state index contributed by atoms with van der Waals surface area (Å²) >= 11 is 0. The van der Waals surface area contributed by atoms with E-state index in [0.29, 0.717) is 64.2 Å². The van der Waals surface area contributed by atoms with E-state index in [2.05, 4.69) is 71.3 Å². The molecule has 15 atom stereocenters. The molecule has 7 N–H and O–H groups in total. The topological polar surface area (TPSA) is 345 Å². The summed E-state index contributed by atoms with van der Waals surface area (Å²) in [7, 11) is -4.68. The Bertz CT molecular complexity index is 2980. The highest BCUT2D eigenvalue weighted by molar-refractivity contribution is 7.51. The molecule has 25 heteroatoms. The number of ether oxygens (including phenoxy) is 8. The lowest BCUT2D eigenvalue weighted by Crippen LogP contribution is -2.67. The van der Waals surface area contributed by atoms with Crippen LogP contribution in [-0.2, 0) is 80.5 Å². The van der Waals surface area contributed by atoms with Crippen molar-refractivity contribution in [3.8, 4) is 0 Å². The van der Waals surface area contributed by atoms with Gasteiger partial charge in [0.05, 0.1) is 45.0 Å². The summed E-state index contributed by atoms with van der Waals surface area (Å²) in [6.45, 7) is 14.6. The van der Waals surface area contributed by atoms with Crippen molar-refractivity contribution >= 4 is 49.3 Å². The monoisotopic (exact) mass is 2000 g/mol. The van der Waals surface area contributed by atoms with Gasteiger partial charge in [-0.1, -0.05) is 447 Å². The molecule has 2 aliphatic heterocycles. The molecule has 2 aliphatic rings. The van der Waals surface area contributed by atoms with Crippen LogP contribution >= 0.6 is 7.60 Å². The van der Waals surface area contributed by atoms with Gasteiger partial charge in [0.15, 0.2) is 24.8 Å². The zero-order valence-corrected chi connectivity index (χ0v) is 90.2. The van der Waals surface area contributed by atoms with Crippen molar-refractivity contribution < 1.29 is 106 Å². The van der Waals surface area contributed by atoms with E-state index in [1.54, 1.807) is 0 Å². The quantitative estimate of drug-likeness (QED) is 0.00978. The number of carbonyl (C=O) groups is 7. The maximum absolute atomic E-state index is 15.2. The first kappa shape index (κ1) is 133. The van der Waals surface area contributed by atoms with Gasteiger partial charge in [0, 0.05) is 25.9 Å². The molecular formula is C114H215N2O22P. The molecule has 0 aliphatic carbocycles. The summed E-state index contributed by atoms with van der Waals surface area (Å²) in [5.41, 5.74) is 0. The van der Waals surface area contributed by atoms with Crippen molar-refractivity contribution in [3.05, 3.63) is 12.2 Å². The van der Waals surface area contributed by atoms with Crippen molar-refractivity contribution in [2.45, 2.75) is 655 Å². The number of aliphatic hydroxyl groups excluding tert-OH is 4. The normalized spacial score (nSPS) is 19.5. The van der Waals surface area contributed by atoms with Gasteiger partial charge < -0.3 is 73.8 Å². The van der Waals surface area contributed by atoms with E-state index in [4.69, 9.17) is 42.4 Å². The molecule has 2 amide bonds. The van der Waals surface area contributed by atoms with Gasteiger partial charge >= 0.3 is 37.4 Å². The number of carbonyl (C=O) groups excluding carboxylic acids is 7. The van der Waals surface area contributed by atoms with E-state index < -0.39 is 167 Å². The fourth-order valence-electron chi connectivity index (χ4n) is 19.0. The summed E-state index contributed by atoms with van der Waals surface area (Å²) < 4.78 is 70.1. The minimum absolute atomic E-state index is 0. The minimum Gasteiger partial charge on any atom is -0.462 e. The van der Waals surface area contributed by atoms with Gasteiger partial charge in [-0.15, -0.1) is 0 Å². The first-order valence-corrected chi connectivity index (χ1v) is 59.9. The number of nitrogens with one attached hydrogen (secondary N) is 2. The number of aliphatic hydroxyl groups is 4. The lowest BCUT2D eigenvalue weighted by Gasteiger charge is -2.46. The van der Waals surface area contributed by atoms with Crippen LogP contribution in [0.4, 0.5) is 0 Å². The van der Waals surface area contributed by atoms with E-state index in [-0.39, 0.29) is 39.5 Å². The second-order valence-corrected chi connectivity index (χ2v) is 42.9. The van der Waals surface area contributed by atoms with E-state index in [0.717, 1.165) is 251 Å². The van der Waals surface area contributed by atoms with Crippen molar-refractivity contribution in [2.75, 3.05) is 19.9 Å². The molecule has 2 fully saturated rings. The smallest absolute Gasteiger partial charge is 0.327 e. The number of hydrogen-bond acceptors (Lipinski definition) is 21. The van der Waals surface area contributed by atoms with Crippen LogP contribution in [0.3, 0.4) is 0 Å². The Balaban J connectivity index is 0.0000966. The average molecular weight is 2000 g/mol. The van der Waals surface area contributed by atoms with Gasteiger partial charge in [0.25, 0.3) is 0 Å². The molecule has 0 radical (unpaired) electrons. The zero-order valence-electron chi connectivity index (χ0n) is 89.3. The average Bonchev–Trinajstić information content (AvgIpc) is 0.782. The molecule has 818 valence electrons. The number of allylic oxidation sites excluding steroid dienone is 2. The summed E-state index contributed by atoms with van der Waals surface area (Å²) in [6, 6.07) is -3.42. The third-order valence-corrected chi connectivity index (χ3v) is 28.2. The number of amides is 2. The summed E-state index contributed by atoms with van der Waals surface area (Å²) in [5.74, 6) is -4.75. The van der Waals surface area contributed by atoms with Gasteiger partial charge in [-0.25, -0.2) is 0 Å². The number of hydrogen-bond donors (Lipinski definition) is 7. The van der Waals surface area contributed by atoms with Crippen LogP contribution in [0.15, 0.2) is 12.2 Å². The van der Waals surface area contributed by atoms with Crippen molar-refractivity contribution in [2.24, 2.45) is 0 Å². The molecule has 0 bridgehead atoms. The van der Waals surface area contributed by atoms with Gasteiger partial charge in [-0.3, -0.25) is 42.7 Å².